The Kier molecular flexibility index (Phi) is 6.49. The van der Waals surface area contributed by atoms with Crippen LogP contribution in [0.5, 0.6) is 11.5 Å². The van der Waals surface area contributed by atoms with Crippen molar-refractivity contribution in [1.82, 2.24) is 14.4 Å². The summed E-state index contributed by atoms with van der Waals surface area (Å²) in [6.07, 6.45) is 3.67. The lowest BCUT2D eigenvalue weighted by atomic mass is 10.1. The highest BCUT2D eigenvalue weighted by atomic mass is 16.5. The number of ether oxygens (including phenoxy) is 2. The fourth-order valence-electron chi connectivity index (χ4n) is 3.28. The molecule has 4 rings (SSSR count). The first-order valence-electron chi connectivity index (χ1n) is 10.3. The van der Waals surface area contributed by atoms with Crippen LogP contribution in [0.1, 0.15) is 18.2 Å². The Labute approximate surface area is 190 Å². The Hall–Kier alpha value is -4.40. The Bertz CT molecular complexity index is 1270. The van der Waals surface area contributed by atoms with Gasteiger partial charge in [0.15, 0.2) is 12.3 Å². The predicted octanol–water partition coefficient (Wildman–Crippen LogP) is 3.30. The number of hydrogen-bond donors (Lipinski definition) is 2. The van der Waals surface area contributed by atoms with Crippen molar-refractivity contribution in [3.05, 3.63) is 78.2 Å². The highest BCUT2D eigenvalue weighted by Gasteiger charge is 2.17. The standard InChI is InChI=1S/C24H23N5O4/c1-16(30)26-21-14-29-22(13-25-21)27-20(12-17-6-4-3-5-7-17)24(29)28-23(31)15-33-19-10-8-18(32-2)9-11-19/h3-11,13-14H,12,15H2,1-2H3,(H,26,30)(H,28,31). The van der Waals surface area contributed by atoms with Crippen LogP contribution in [0.15, 0.2) is 67.0 Å². The minimum Gasteiger partial charge on any atom is -0.497 e. The molecule has 4 aromatic rings. The number of fused-ring (bicyclic) bond motifs is 1. The first-order chi connectivity index (χ1) is 16.0. The summed E-state index contributed by atoms with van der Waals surface area (Å²) in [5.74, 6) is 1.50. The SMILES string of the molecule is COc1ccc(OCC(=O)Nc2c(Cc3ccccc3)nc3cnc(NC(C)=O)cn23)cc1. The molecule has 9 heteroatoms. The van der Waals surface area contributed by atoms with E-state index in [1.54, 1.807) is 48.2 Å². The van der Waals surface area contributed by atoms with Gasteiger partial charge in [0.1, 0.15) is 23.1 Å². The molecule has 2 amide bonds. The molecule has 0 radical (unpaired) electrons. The third kappa shape index (κ3) is 5.45. The molecule has 0 spiro atoms. The van der Waals surface area contributed by atoms with E-state index in [9.17, 15) is 9.59 Å². The van der Waals surface area contributed by atoms with Crippen LogP contribution in [-0.2, 0) is 16.0 Å². The second-order valence-electron chi connectivity index (χ2n) is 7.26. The van der Waals surface area contributed by atoms with Gasteiger partial charge in [0, 0.05) is 13.3 Å². The van der Waals surface area contributed by atoms with E-state index in [1.165, 1.54) is 6.92 Å². The normalized spacial score (nSPS) is 10.6. The molecule has 9 nitrogen and oxygen atoms in total. The Balaban J connectivity index is 1.58. The number of benzene rings is 2. The number of rotatable bonds is 8. The van der Waals surface area contributed by atoms with E-state index in [1.807, 2.05) is 30.3 Å². The summed E-state index contributed by atoms with van der Waals surface area (Å²) in [6, 6.07) is 16.8. The quantitative estimate of drug-likeness (QED) is 0.431. The largest absolute Gasteiger partial charge is 0.497 e. The topological polar surface area (TPSA) is 107 Å². The maximum atomic E-state index is 12.7. The molecule has 2 N–H and O–H groups in total. The third-order valence-electron chi connectivity index (χ3n) is 4.79. The lowest BCUT2D eigenvalue weighted by molar-refractivity contribution is -0.118. The molecule has 0 unspecified atom stereocenters. The fraction of sp³-hybridized carbons (Fsp3) is 0.167. The van der Waals surface area contributed by atoms with Gasteiger partial charge < -0.3 is 20.1 Å². The molecule has 0 fully saturated rings. The van der Waals surface area contributed by atoms with Gasteiger partial charge in [-0.2, -0.15) is 0 Å². The molecule has 2 aromatic carbocycles. The van der Waals surface area contributed by atoms with Crippen LogP contribution in [0.25, 0.3) is 5.65 Å². The molecule has 33 heavy (non-hydrogen) atoms. The molecular formula is C24H23N5O4. The molecule has 0 aliphatic heterocycles. The van der Waals surface area contributed by atoms with Crippen molar-refractivity contribution in [2.45, 2.75) is 13.3 Å². The van der Waals surface area contributed by atoms with Crippen molar-refractivity contribution in [3.63, 3.8) is 0 Å². The van der Waals surface area contributed by atoms with E-state index in [-0.39, 0.29) is 18.4 Å². The van der Waals surface area contributed by atoms with Gasteiger partial charge >= 0.3 is 0 Å². The number of nitrogens with zero attached hydrogens (tertiary/aromatic N) is 3. The van der Waals surface area contributed by atoms with Crippen molar-refractivity contribution in [1.29, 1.82) is 0 Å². The number of carbonyl (C=O) groups excluding carboxylic acids is 2. The molecular weight excluding hydrogens is 422 g/mol. The van der Waals surface area contributed by atoms with E-state index >= 15 is 0 Å². The average Bonchev–Trinajstić information content (AvgIpc) is 3.14. The average molecular weight is 445 g/mol. The molecule has 0 aliphatic carbocycles. The van der Waals surface area contributed by atoms with E-state index < -0.39 is 0 Å². The van der Waals surface area contributed by atoms with Gasteiger partial charge in [-0.1, -0.05) is 30.3 Å². The maximum absolute atomic E-state index is 12.7. The molecule has 0 saturated heterocycles. The number of amides is 2. The second kappa shape index (κ2) is 9.82. The van der Waals surface area contributed by atoms with Gasteiger partial charge in [-0.3, -0.25) is 14.0 Å². The fourth-order valence-corrected chi connectivity index (χ4v) is 3.28. The van der Waals surface area contributed by atoms with Crippen LogP contribution in [-0.4, -0.2) is 39.9 Å². The van der Waals surface area contributed by atoms with E-state index in [2.05, 4.69) is 20.6 Å². The Morgan fingerprint density at radius 2 is 1.73 bits per heavy atom. The van der Waals surface area contributed by atoms with Crippen LogP contribution >= 0.6 is 0 Å². The van der Waals surface area contributed by atoms with Crippen molar-refractivity contribution >= 4 is 29.1 Å². The van der Waals surface area contributed by atoms with Crippen LogP contribution in [0.2, 0.25) is 0 Å². The molecule has 0 atom stereocenters. The maximum Gasteiger partial charge on any atom is 0.263 e. The van der Waals surface area contributed by atoms with Crippen molar-refractivity contribution < 1.29 is 19.1 Å². The van der Waals surface area contributed by atoms with Crippen LogP contribution < -0.4 is 20.1 Å². The third-order valence-corrected chi connectivity index (χ3v) is 4.79. The number of imidazole rings is 1. The molecule has 0 bridgehead atoms. The Morgan fingerprint density at radius 1 is 1.00 bits per heavy atom. The highest BCUT2D eigenvalue weighted by Crippen LogP contribution is 2.23. The van der Waals surface area contributed by atoms with E-state index in [0.717, 1.165) is 5.56 Å². The van der Waals surface area contributed by atoms with Crippen molar-refractivity contribution in [3.8, 4) is 11.5 Å². The smallest absolute Gasteiger partial charge is 0.263 e. The zero-order chi connectivity index (χ0) is 23.2. The lowest BCUT2D eigenvalue weighted by Gasteiger charge is -2.10. The molecule has 0 aliphatic rings. The number of aromatic nitrogens is 3. The summed E-state index contributed by atoms with van der Waals surface area (Å²) >= 11 is 0. The van der Waals surface area contributed by atoms with Crippen LogP contribution in [0.4, 0.5) is 11.6 Å². The summed E-state index contributed by atoms with van der Waals surface area (Å²) in [5, 5.41) is 5.54. The second-order valence-corrected chi connectivity index (χ2v) is 7.26. The number of carbonyl (C=O) groups is 2. The molecule has 2 heterocycles. The number of anilines is 2. The summed E-state index contributed by atoms with van der Waals surface area (Å²) in [4.78, 5) is 33.0. The van der Waals surface area contributed by atoms with Gasteiger partial charge in [0.2, 0.25) is 5.91 Å². The summed E-state index contributed by atoms with van der Waals surface area (Å²) in [5.41, 5.74) is 2.25. The summed E-state index contributed by atoms with van der Waals surface area (Å²) in [6.45, 7) is 1.22. The molecule has 168 valence electrons. The van der Waals surface area contributed by atoms with Crippen molar-refractivity contribution in [2.75, 3.05) is 24.4 Å². The number of methoxy groups -OCH3 is 1. The van der Waals surface area contributed by atoms with Gasteiger partial charge in [-0.05, 0) is 29.8 Å². The van der Waals surface area contributed by atoms with E-state index in [4.69, 9.17) is 9.47 Å². The summed E-state index contributed by atoms with van der Waals surface area (Å²) < 4.78 is 12.4. The first-order valence-corrected chi connectivity index (χ1v) is 10.3. The molecule has 0 saturated carbocycles. The number of nitrogens with one attached hydrogen (secondary N) is 2. The lowest BCUT2D eigenvalue weighted by Crippen LogP contribution is -2.22. The van der Waals surface area contributed by atoms with Crippen molar-refractivity contribution in [2.24, 2.45) is 0 Å². The van der Waals surface area contributed by atoms with E-state index in [0.29, 0.717) is 40.9 Å². The minimum atomic E-state index is -0.347. The van der Waals surface area contributed by atoms with Gasteiger partial charge in [0.05, 0.1) is 25.2 Å². The highest BCUT2D eigenvalue weighted by molar-refractivity contribution is 5.92. The number of hydrogen-bond acceptors (Lipinski definition) is 6. The zero-order valence-corrected chi connectivity index (χ0v) is 18.2. The zero-order valence-electron chi connectivity index (χ0n) is 18.2. The van der Waals surface area contributed by atoms with Gasteiger partial charge in [-0.25, -0.2) is 9.97 Å². The monoisotopic (exact) mass is 445 g/mol. The van der Waals surface area contributed by atoms with Gasteiger partial charge in [-0.15, -0.1) is 0 Å². The summed E-state index contributed by atoms with van der Waals surface area (Å²) in [7, 11) is 1.58. The van der Waals surface area contributed by atoms with Crippen LogP contribution in [0, 0.1) is 0 Å². The molecule has 2 aromatic heterocycles. The first kappa shape index (κ1) is 21.8. The van der Waals surface area contributed by atoms with Gasteiger partial charge in [0.25, 0.3) is 5.91 Å². The Morgan fingerprint density at radius 3 is 2.42 bits per heavy atom. The van der Waals surface area contributed by atoms with Crippen LogP contribution in [0.3, 0.4) is 0 Å². The minimum absolute atomic E-state index is 0.187. The predicted molar refractivity (Wildman–Crippen MR) is 124 cm³/mol.